The molecule has 1 aromatic heterocycles. The second kappa shape index (κ2) is 11.7. The topological polar surface area (TPSA) is 118 Å². The number of aromatic carboxylic acids is 1. The molecule has 2 aromatic carbocycles. The van der Waals surface area contributed by atoms with Gasteiger partial charge >= 0.3 is 5.97 Å². The third-order valence-corrected chi connectivity index (χ3v) is 7.08. The fraction of sp³-hybridized carbons (Fsp3) is 0.296. The number of carbonyl (C=O) groups is 2. The van der Waals surface area contributed by atoms with E-state index in [2.05, 4.69) is 10.3 Å². The van der Waals surface area contributed by atoms with Crippen LogP contribution in [0.25, 0.3) is 0 Å². The molecule has 8 nitrogen and oxygen atoms in total. The van der Waals surface area contributed by atoms with E-state index in [1.165, 1.54) is 24.8 Å². The van der Waals surface area contributed by atoms with Crippen LogP contribution in [0.2, 0.25) is 0 Å². The van der Waals surface area contributed by atoms with Crippen molar-refractivity contribution in [3.63, 3.8) is 0 Å². The minimum absolute atomic E-state index is 0.0434. The van der Waals surface area contributed by atoms with Gasteiger partial charge in [0, 0.05) is 36.0 Å². The molecule has 2 heterocycles. The number of nitrogens with one attached hydrogen (secondary N) is 1. The van der Waals surface area contributed by atoms with Crippen molar-refractivity contribution in [1.29, 1.82) is 0 Å². The lowest BCUT2D eigenvalue weighted by molar-refractivity contribution is -0.268. The number of carboxylic acids is 1. The summed E-state index contributed by atoms with van der Waals surface area (Å²) in [4.78, 5) is 27.4. The summed E-state index contributed by atoms with van der Waals surface area (Å²) < 4.78 is 12.8. The maximum Gasteiger partial charge on any atom is 0.338 e. The monoisotopic (exact) mass is 508 g/mol. The van der Waals surface area contributed by atoms with Crippen molar-refractivity contribution in [3.05, 3.63) is 89.1 Å². The first-order chi connectivity index (χ1) is 17.4. The van der Waals surface area contributed by atoms with Crippen LogP contribution in [0, 0.1) is 5.92 Å². The van der Waals surface area contributed by atoms with Gasteiger partial charge < -0.3 is 25.0 Å². The first kappa shape index (κ1) is 25.8. The van der Waals surface area contributed by atoms with Gasteiger partial charge in [-0.05, 0) is 35.4 Å². The van der Waals surface area contributed by atoms with Gasteiger partial charge in [0.25, 0.3) is 0 Å². The summed E-state index contributed by atoms with van der Waals surface area (Å²) in [6.07, 6.45) is 0.273. The molecule has 0 spiro atoms. The summed E-state index contributed by atoms with van der Waals surface area (Å²) in [5.41, 5.74) is 3.30. The van der Waals surface area contributed by atoms with E-state index >= 15 is 0 Å². The lowest BCUT2D eigenvalue weighted by atomic mass is 9.91. The van der Waals surface area contributed by atoms with Crippen LogP contribution >= 0.6 is 11.8 Å². The maximum absolute atomic E-state index is 11.6. The average Bonchev–Trinajstić information content (AvgIpc) is 2.88. The van der Waals surface area contributed by atoms with Crippen LogP contribution in [-0.2, 0) is 20.9 Å². The van der Waals surface area contributed by atoms with Gasteiger partial charge in [-0.3, -0.25) is 4.79 Å². The smallest absolute Gasteiger partial charge is 0.338 e. The fourth-order valence-corrected chi connectivity index (χ4v) is 5.26. The Kier molecular flexibility index (Phi) is 8.37. The Labute approximate surface area is 213 Å². The summed E-state index contributed by atoms with van der Waals surface area (Å²) in [6, 6.07) is 18.1. The van der Waals surface area contributed by atoms with E-state index in [0.717, 1.165) is 16.7 Å². The summed E-state index contributed by atoms with van der Waals surface area (Å²) in [5, 5.41) is 22.1. The van der Waals surface area contributed by atoms with Crippen LogP contribution in [0.3, 0.4) is 0 Å². The molecule has 4 rings (SSSR count). The molecule has 0 bridgehead atoms. The number of hydrogen-bond donors (Lipinski definition) is 3. The number of ether oxygens (including phenoxy) is 2. The number of thioether (sulfide) groups is 1. The number of aliphatic hydroxyl groups is 1. The molecule has 36 heavy (non-hydrogen) atoms. The Morgan fingerprint density at radius 2 is 1.83 bits per heavy atom. The first-order valence-corrected chi connectivity index (χ1v) is 12.5. The molecule has 3 N–H and O–H groups in total. The zero-order chi connectivity index (χ0) is 25.7. The van der Waals surface area contributed by atoms with E-state index in [1.54, 1.807) is 18.3 Å². The van der Waals surface area contributed by atoms with Crippen LogP contribution in [-0.4, -0.2) is 38.9 Å². The van der Waals surface area contributed by atoms with Crippen molar-refractivity contribution in [2.24, 2.45) is 5.92 Å². The largest absolute Gasteiger partial charge is 0.478 e. The number of pyridine rings is 1. The van der Waals surface area contributed by atoms with Crippen LogP contribution < -0.4 is 5.32 Å². The van der Waals surface area contributed by atoms with Gasteiger partial charge in [-0.1, -0.05) is 43.3 Å². The molecule has 9 heteroatoms. The molecule has 4 atom stereocenters. The third-order valence-electron chi connectivity index (χ3n) is 5.99. The van der Waals surface area contributed by atoms with Gasteiger partial charge in [0.05, 0.1) is 24.4 Å². The van der Waals surface area contributed by atoms with Gasteiger partial charge in [-0.25, -0.2) is 9.78 Å². The number of carboxylic acid groups (broad SMARTS) is 1. The van der Waals surface area contributed by atoms with Gasteiger partial charge in [0.15, 0.2) is 6.29 Å². The van der Waals surface area contributed by atoms with Crippen LogP contribution in [0.5, 0.6) is 0 Å². The van der Waals surface area contributed by atoms with Crippen LogP contribution in [0.15, 0.2) is 71.9 Å². The average molecular weight is 509 g/mol. The number of hydrogen-bond acceptors (Lipinski definition) is 7. The van der Waals surface area contributed by atoms with Gasteiger partial charge in [0.2, 0.25) is 5.91 Å². The predicted octanol–water partition coefficient (Wildman–Crippen LogP) is 4.81. The summed E-state index contributed by atoms with van der Waals surface area (Å²) in [6.45, 7) is 3.44. The number of rotatable bonds is 8. The summed E-state index contributed by atoms with van der Waals surface area (Å²) in [5.74, 6) is -0.799. The zero-order valence-corrected chi connectivity index (χ0v) is 20.8. The molecular weight excluding hydrogens is 480 g/mol. The van der Waals surface area contributed by atoms with E-state index < -0.39 is 12.3 Å². The number of benzene rings is 2. The standard InChI is InChI=1S/C27H28N2O6S/c1-16-23(15-36-25-22(26(32)33)7-4-12-28-25)34-27(20-5-3-6-21(13-20)29-17(2)31)35-24(16)19-10-8-18(14-30)9-11-19/h3-13,16,23-24,27,30H,14-15H2,1-2H3,(H,29,31)(H,32,33)/t16-,23+,24+,27+/m0/s1. The van der Waals surface area contributed by atoms with Crippen molar-refractivity contribution < 1.29 is 29.3 Å². The lowest BCUT2D eigenvalue weighted by Gasteiger charge is -2.41. The van der Waals surface area contributed by atoms with Gasteiger partial charge in [-0.15, -0.1) is 11.8 Å². The van der Waals surface area contributed by atoms with Crippen molar-refractivity contribution in [3.8, 4) is 0 Å². The first-order valence-electron chi connectivity index (χ1n) is 11.5. The fourth-order valence-electron chi connectivity index (χ4n) is 4.11. The Bertz CT molecular complexity index is 1220. The molecule has 1 saturated heterocycles. The highest BCUT2D eigenvalue weighted by atomic mass is 32.2. The minimum Gasteiger partial charge on any atom is -0.478 e. The van der Waals surface area contributed by atoms with Crippen molar-refractivity contribution in [1.82, 2.24) is 4.98 Å². The molecule has 1 aliphatic heterocycles. The van der Waals surface area contributed by atoms with Crippen molar-refractivity contribution in [2.45, 2.75) is 44.0 Å². The molecule has 1 amide bonds. The molecule has 0 saturated carbocycles. The Balaban J connectivity index is 1.62. The van der Waals surface area contributed by atoms with Crippen molar-refractivity contribution >= 4 is 29.3 Å². The van der Waals surface area contributed by atoms with E-state index in [1.807, 2.05) is 49.4 Å². The van der Waals surface area contributed by atoms with Crippen LogP contribution in [0.1, 0.15) is 53.3 Å². The lowest BCUT2D eigenvalue weighted by Crippen LogP contribution is -2.38. The molecule has 0 radical (unpaired) electrons. The molecule has 1 aliphatic rings. The zero-order valence-electron chi connectivity index (χ0n) is 20.0. The second-order valence-electron chi connectivity index (χ2n) is 8.60. The van der Waals surface area contributed by atoms with Gasteiger partial charge in [-0.2, -0.15) is 0 Å². The van der Waals surface area contributed by atoms with E-state index in [0.29, 0.717) is 16.5 Å². The quantitative estimate of drug-likeness (QED) is 0.371. The minimum atomic E-state index is -1.03. The Morgan fingerprint density at radius 1 is 1.06 bits per heavy atom. The number of amides is 1. The highest BCUT2D eigenvalue weighted by molar-refractivity contribution is 7.99. The van der Waals surface area contributed by atoms with E-state index in [-0.39, 0.29) is 36.2 Å². The summed E-state index contributed by atoms with van der Waals surface area (Å²) >= 11 is 1.34. The molecule has 188 valence electrons. The number of anilines is 1. The van der Waals surface area contributed by atoms with Gasteiger partial charge in [0.1, 0.15) is 5.03 Å². The number of aromatic nitrogens is 1. The highest BCUT2D eigenvalue weighted by Crippen LogP contribution is 2.43. The molecule has 0 aliphatic carbocycles. The van der Waals surface area contributed by atoms with E-state index in [4.69, 9.17) is 9.47 Å². The normalized spacial score (nSPS) is 21.6. The van der Waals surface area contributed by atoms with E-state index in [9.17, 15) is 19.8 Å². The Morgan fingerprint density at radius 3 is 2.53 bits per heavy atom. The number of nitrogens with zero attached hydrogens (tertiary/aromatic N) is 1. The molecule has 3 aromatic rings. The Hall–Kier alpha value is -3.24. The molecule has 1 fully saturated rings. The number of carbonyl (C=O) groups excluding carboxylic acids is 1. The third kappa shape index (κ3) is 6.11. The van der Waals surface area contributed by atoms with Crippen LogP contribution in [0.4, 0.5) is 5.69 Å². The molecular formula is C27H28N2O6S. The number of aliphatic hydroxyl groups excluding tert-OH is 1. The predicted molar refractivity (Wildman–Crippen MR) is 136 cm³/mol. The highest BCUT2D eigenvalue weighted by Gasteiger charge is 2.38. The second-order valence-corrected chi connectivity index (χ2v) is 9.61. The maximum atomic E-state index is 11.6. The SMILES string of the molecule is CC(=O)Nc1cccc([C@@H]2O[C@H](CSc3ncccc3C(=O)O)[C@H](C)[C@H](c3ccc(CO)cc3)O2)c1. The van der Waals surface area contributed by atoms with Crippen molar-refractivity contribution in [2.75, 3.05) is 11.1 Å². The molecule has 0 unspecified atom stereocenters. The summed E-state index contributed by atoms with van der Waals surface area (Å²) in [7, 11) is 0.